The second-order valence-electron chi connectivity index (χ2n) is 8.19. The summed E-state index contributed by atoms with van der Waals surface area (Å²) in [4.78, 5) is 4.43. The molecule has 1 aliphatic rings. The minimum absolute atomic E-state index is 0.00696. The van der Waals surface area contributed by atoms with Gasteiger partial charge in [-0.1, -0.05) is 36.4 Å². The van der Waals surface area contributed by atoms with E-state index in [0.717, 1.165) is 42.9 Å². The van der Waals surface area contributed by atoms with Crippen LogP contribution in [0.1, 0.15) is 17.2 Å². The van der Waals surface area contributed by atoms with Gasteiger partial charge in [-0.3, -0.25) is 4.90 Å². The minimum Gasteiger partial charge on any atom is -0.508 e. The number of hydrogen-bond acceptors (Lipinski definition) is 4. The van der Waals surface area contributed by atoms with Crippen molar-refractivity contribution in [1.82, 2.24) is 9.80 Å². The first-order valence-electron chi connectivity index (χ1n) is 10.5. The number of nitrogens with zero attached hydrogens (tertiary/aromatic N) is 2. The van der Waals surface area contributed by atoms with E-state index in [4.69, 9.17) is 0 Å². The van der Waals surface area contributed by atoms with E-state index in [2.05, 4.69) is 14.5 Å². The number of phenols is 1. The third kappa shape index (κ3) is 5.64. The second kappa shape index (κ2) is 9.41. The molecule has 174 valence electrons. The van der Waals surface area contributed by atoms with Crippen LogP contribution in [-0.4, -0.2) is 48.0 Å². The van der Waals surface area contributed by atoms with E-state index in [1.54, 1.807) is 24.3 Å². The van der Waals surface area contributed by atoms with Crippen molar-refractivity contribution >= 4 is 0 Å². The van der Waals surface area contributed by atoms with Crippen LogP contribution in [0, 0.1) is 5.82 Å². The summed E-state index contributed by atoms with van der Waals surface area (Å²) in [7, 11) is 2.02. The molecule has 4 rings (SSSR count). The van der Waals surface area contributed by atoms with Gasteiger partial charge in [0.25, 0.3) is 0 Å². The van der Waals surface area contributed by atoms with Crippen LogP contribution in [-0.2, 0) is 6.54 Å². The Morgan fingerprint density at radius 2 is 1.70 bits per heavy atom. The van der Waals surface area contributed by atoms with Gasteiger partial charge in [-0.05, 0) is 54.1 Å². The van der Waals surface area contributed by atoms with Crippen LogP contribution < -0.4 is 4.74 Å². The molecule has 3 aromatic carbocycles. The Morgan fingerprint density at radius 1 is 0.970 bits per heavy atom. The summed E-state index contributed by atoms with van der Waals surface area (Å²) >= 11 is 0. The maximum Gasteiger partial charge on any atom is 0.573 e. The van der Waals surface area contributed by atoms with E-state index < -0.39 is 6.36 Å². The molecular formula is C25H24F4N2O2. The number of piperazine rings is 1. The van der Waals surface area contributed by atoms with E-state index in [1.165, 1.54) is 18.2 Å². The second-order valence-corrected chi connectivity index (χ2v) is 8.19. The van der Waals surface area contributed by atoms with Crippen molar-refractivity contribution in [3.63, 3.8) is 0 Å². The number of halogens is 4. The monoisotopic (exact) mass is 460 g/mol. The number of benzene rings is 3. The summed E-state index contributed by atoms with van der Waals surface area (Å²) in [6.07, 6.45) is -4.86. The molecule has 1 fully saturated rings. The number of phenolic OH excluding ortho intramolecular Hbond substituents is 1. The van der Waals surface area contributed by atoms with Gasteiger partial charge >= 0.3 is 6.36 Å². The number of alkyl halides is 3. The summed E-state index contributed by atoms with van der Waals surface area (Å²) in [5, 5.41) is 9.97. The summed E-state index contributed by atoms with van der Waals surface area (Å²) in [5.74, 6) is -0.833. The van der Waals surface area contributed by atoms with Crippen molar-refractivity contribution in [2.45, 2.75) is 18.9 Å². The number of ether oxygens (including phenoxy) is 1. The first-order chi connectivity index (χ1) is 15.7. The molecule has 8 heteroatoms. The topological polar surface area (TPSA) is 35.9 Å². The molecule has 0 aliphatic carbocycles. The Labute approximate surface area is 189 Å². The van der Waals surface area contributed by atoms with Gasteiger partial charge in [0.15, 0.2) is 0 Å². The first kappa shape index (κ1) is 23.1. The Balaban J connectivity index is 1.69. The summed E-state index contributed by atoms with van der Waals surface area (Å²) < 4.78 is 56.7. The molecule has 3 aromatic rings. The quantitative estimate of drug-likeness (QED) is 0.504. The number of hydrogen-bond donors (Lipinski definition) is 1. The highest BCUT2D eigenvalue weighted by Crippen LogP contribution is 2.39. The number of rotatable bonds is 5. The van der Waals surface area contributed by atoms with Crippen LogP contribution in [0.25, 0.3) is 11.1 Å². The highest BCUT2D eigenvalue weighted by Gasteiger charge is 2.33. The van der Waals surface area contributed by atoms with Gasteiger partial charge in [0.1, 0.15) is 17.3 Å². The molecule has 0 radical (unpaired) electrons. The molecule has 1 saturated heterocycles. The van der Waals surface area contributed by atoms with Crippen LogP contribution in [0.4, 0.5) is 17.6 Å². The highest BCUT2D eigenvalue weighted by molar-refractivity contribution is 5.74. The molecular weight excluding hydrogens is 436 g/mol. The SMILES string of the molecule is CN1CCN(Cc2ccccc2-c2cc(O)ccc2OC(F)(F)F)C(c2ccc(F)cc2)C1. The van der Waals surface area contributed by atoms with E-state index in [1.807, 2.05) is 19.2 Å². The summed E-state index contributed by atoms with van der Waals surface area (Å²) in [6, 6.07) is 17.1. The molecule has 33 heavy (non-hydrogen) atoms. The largest absolute Gasteiger partial charge is 0.573 e. The van der Waals surface area contributed by atoms with Crippen molar-refractivity contribution in [2.24, 2.45) is 0 Å². The molecule has 0 amide bonds. The molecule has 4 nitrogen and oxygen atoms in total. The maximum absolute atomic E-state index is 13.5. The van der Waals surface area contributed by atoms with Gasteiger partial charge < -0.3 is 14.7 Å². The van der Waals surface area contributed by atoms with Gasteiger partial charge in [-0.15, -0.1) is 13.2 Å². The predicted octanol–water partition coefficient (Wildman–Crippen LogP) is 5.59. The summed E-state index contributed by atoms with van der Waals surface area (Å²) in [5.41, 5.74) is 2.48. The normalized spacial score (nSPS) is 17.8. The van der Waals surface area contributed by atoms with Crippen LogP contribution in [0.15, 0.2) is 66.7 Å². The number of aromatic hydroxyl groups is 1. The third-order valence-corrected chi connectivity index (χ3v) is 5.82. The van der Waals surface area contributed by atoms with Crippen LogP contribution in [0.3, 0.4) is 0 Å². The van der Waals surface area contributed by atoms with E-state index in [-0.39, 0.29) is 28.9 Å². The summed E-state index contributed by atoms with van der Waals surface area (Å²) in [6.45, 7) is 2.77. The van der Waals surface area contributed by atoms with Crippen molar-refractivity contribution in [3.05, 3.63) is 83.7 Å². The average Bonchev–Trinajstić information content (AvgIpc) is 2.76. The molecule has 1 heterocycles. The van der Waals surface area contributed by atoms with Crippen molar-refractivity contribution in [3.8, 4) is 22.6 Å². The maximum atomic E-state index is 13.5. The van der Waals surface area contributed by atoms with Crippen LogP contribution in [0.2, 0.25) is 0 Å². The van der Waals surface area contributed by atoms with Gasteiger partial charge in [0.05, 0.1) is 0 Å². The zero-order chi connectivity index (χ0) is 23.6. The first-order valence-corrected chi connectivity index (χ1v) is 10.5. The Hall–Kier alpha value is -3.10. The van der Waals surface area contributed by atoms with Crippen LogP contribution in [0.5, 0.6) is 11.5 Å². The Morgan fingerprint density at radius 3 is 2.42 bits per heavy atom. The van der Waals surface area contributed by atoms with Crippen molar-refractivity contribution < 1.29 is 27.4 Å². The molecule has 0 aromatic heterocycles. The van der Waals surface area contributed by atoms with E-state index >= 15 is 0 Å². The van der Waals surface area contributed by atoms with E-state index in [9.17, 15) is 22.7 Å². The fourth-order valence-corrected chi connectivity index (χ4v) is 4.23. The standard InChI is InChI=1S/C25H24F4N2O2/c1-30-12-13-31(23(16-30)17-6-8-19(26)9-7-17)15-18-4-2-3-5-21(18)22-14-20(32)10-11-24(22)33-25(27,28)29/h2-11,14,23,32H,12-13,15-16H2,1H3. The molecule has 1 N–H and O–H groups in total. The Bertz CT molecular complexity index is 1100. The lowest BCUT2D eigenvalue weighted by Crippen LogP contribution is -2.46. The van der Waals surface area contributed by atoms with Gasteiger partial charge in [0, 0.05) is 37.8 Å². The lowest BCUT2D eigenvalue weighted by Gasteiger charge is -2.40. The predicted molar refractivity (Wildman–Crippen MR) is 117 cm³/mol. The molecule has 1 aliphatic heterocycles. The molecule has 1 atom stereocenters. The van der Waals surface area contributed by atoms with Crippen LogP contribution >= 0.6 is 0 Å². The minimum atomic E-state index is -4.86. The lowest BCUT2D eigenvalue weighted by atomic mass is 9.96. The Kier molecular flexibility index (Phi) is 6.58. The van der Waals surface area contributed by atoms with E-state index in [0.29, 0.717) is 12.1 Å². The fraction of sp³-hybridized carbons (Fsp3) is 0.280. The molecule has 0 bridgehead atoms. The lowest BCUT2D eigenvalue weighted by molar-refractivity contribution is -0.274. The van der Waals surface area contributed by atoms with Gasteiger partial charge in [-0.2, -0.15) is 0 Å². The fourth-order valence-electron chi connectivity index (χ4n) is 4.23. The van der Waals surface area contributed by atoms with Crippen molar-refractivity contribution in [2.75, 3.05) is 26.7 Å². The zero-order valence-corrected chi connectivity index (χ0v) is 18.0. The van der Waals surface area contributed by atoms with Crippen molar-refractivity contribution in [1.29, 1.82) is 0 Å². The average molecular weight is 460 g/mol. The zero-order valence-electron chi connectivity index (χ0n) is 18.0. The molecule has 0 spiro atoms. The smallest absolute Gasteiger partial charge is 0.508 e. The van der Waals surface area contributed by atoms with Gasteiger partial charge in [0.2, 0.25) is 0 Å². The highest BCUT2D eigenvalue weighted by atomic mass is 19.4. The van der Waals surface area contributed by atoms with Gasteiger partial charge in [-0.25, -0.2) is 4.39 Å². The third-order valence-electron chi connectivity index (χ3n) is 5.82. The molecule has 0 saturated carbocycles. The number of likely N-dealkylation sites (N-methyl/N-ethyl adjacent to an activating group) is 1. The molecule has 1 unspecified atom stereocenters.